The third-order valence-electron chi connectivity index (χ3n) is 4.78. The first-order valence-corrected chi connectivity index (χ1v) is 11.1. The summed E-state index contributed by atoms with van der Waals surface area (Å²) in [7, 11) is 6.62. The van der Waals surface area contributed by atoms with Gasteiger partial charge in [0, 0.05) is 23.0 Å². The van der Waals surface area contributed by atoms with Crippen molar-refractivity contribution in [2.24, 2.45) is 0 Å². The fourth-order valence-electron chi connectivity index (χ4n) is 3.03. The Kier molecular flexibility index (Phi) is 32.1. The topological polar surface area (TPSA) is 60.7 Å². The Morgan fingerprint density at radius 3 is 1.06 bits per heavy atom. The van der Waals surface area contributed by atoms with Crippen LogP contribution in [0.15, 0.2) is 24.3 Å². The maximum absolute atomic E-state index is 6.25. The molecule has 0 bridgehead atoms. The van der Waals surface area contributed by atoms with Crippen LogP contribution in [-0.4, -0.2) is 28.4 Å². The minimum atomic E-state index is 0. The van der Waals surface area contributed by atoms with E-state index in [1.807, 2.05) is 24.3 Å². The molecule has 0 amide bonds. The molecule has 5 nitrogen and oxygen atoms in total. The summed E-state index contributed by atoms with van der Waals surface area (Å²) in [4.78, 5) is 0. The summed E-state index contributed by atoms with van der Waals surface area (Å²) in [6.45, 7) is 9.17. The van der Waals surface area contributed by atoms with Crippen LogP contribution >= 0.6 is 0 Å². The molecule has 0 N–H and O–H groups in total. The average molecular weight is 518 g/mol. The van der Waals surface area contributed by atoms with Crippen molar-refractivity contribution >= 4 is 0 Å². The largest absolute Gasteiger partial charge is 1.00 e. The Hall–Kier alpha value is -1.16. The molecule has 0 unspecified atom stereocenters. The smallest absolute Gasteiger partial charge is 0.522 e. The van der Waals surface area contributed by atoms with Crippen molar-refractivity contribution in [1.82, 2.24) is 0 Å². The quantitative estimate of drug-likeness (QED) is 0.234. The van der Waals surface area contributed by atoms with Crippen LogP contribution in [0.3, 0.4) is 0 Å². The summed E-state index contributed by atoms with van der Waals surface area (Å²) in [5.74, 6) is 3.00. The van der Waals surface area contributed by atoms with Crippen molar-refractivity contribution in [3.05, 3.63) is 54.1 Å². The van der Waals surface area contributed by atoms with Gasteiger partial charge in [-0.05, 0) is 0 Å². The Labute approximate surface area is 248 Å². The van der Waals surface area contributed by atoms with Gasteiger partial charge in [0.25, 0.3) is 0 Å². The zero-order valence-corrected chi connectivity index (χ0v) is 23.8. The first kappa shape index (κ1) is 41.0. The van der Waals surface area contributed by atoms with E-state index >= 15 is 0 Å². The third kappa shape index (κ3) is 18.7. The SMILES string of the molecule is CCCCCc1cc(OC)[c-]c(OC)c1.CCCCCc1cc(OC)[c-]c(OC)c1.[C-]#N.[Cu+].[Li+].[Li+]. The van der Waals surface area contributed by atoms with E-state index < -0.39 is 0 Å². The van der Waals surface area contributed by atoms with Gasteiger partial charge in [-0.3, -0.25) is 0 Å². The Morgan fingerprint density at radius 2 is 0.857 bits per heavy atom. The van der Waals surface area contributed by atoms with Gasteiger partial charge >= 0.3 is 54.8 Å². The number of hydrogen-bond donors (Lipinski definition) is 0. The van der Waals surface area contributed by atoms with Gasteiger partial charge in [0.2, 0.25) is 0 Å². The fraction of sp³-hybridized carbons (Fsp3) is 0.519. The average Bonchev–Trinajstić information content (AvgIpc) is 2.85. The van der Waals surface area contributed by atoms with Crippen LogP contribution in [0.2, 0.25) is 0 Å². The van der Waals surface area contributed by atoms with Gasteiger partial charge in [0.05, 0.1) is 28.4 Å². The van der Waals surface area contributed by atoms with E-state index in [-0.39, 0.29) is 54.8 Å². The number of ether oxygens (including phenoxy) is 4. The maximum Gasteiger partial charge on any atom is 1.00 e. The van der Waals surface area contributed by atoms with Gasteiger partial charge in [-0.15, -0.1) is 24.3 Å². The van der Waals surface area contributed by atoms with Gasteiger partial charge < -0.3 is 30.8 Å². The Morgan fingerprint density at radius 1 is 0.600 bits per heavy atom. The minimum absolute atomic E-state index is 0. The second-order valence-corrected chi connectivity index (χ2v) is 7.16. The molecule has 0 radical (unpaired) electrons. The van der Waals surface area contributed by atoms with Crippen molar-refractivity contribution < 1.29 is 73.7 Å². The molecule has 2 aromatic rings. The molecular formula is C27H38CuLi2NO4. The number of benzene rings is 2. The molecular weight excluding hydrogens is 480 g/mol. The summed E-state index contributed by atoms with van der Waals surface area (Å²) in [6, 6.07) is 14.2. The number of aryl methyl sites for hydroxylation is 2. The zero-order chi connectivity index (χ0) is 24.2. The van der Waals surface area contributed by atoms with E-state index in [0.717, 1.165) is 35.8 Å². The molecule has 2 rings (SSSR count). The fourth-order valence-corrected chi connectivity index (χ4v) is 3.03. The molecule has 0 saturated carbocycles. The predicted octanol–water partition coefficient (Wildman–Crippen LogP) is 0.575. The normalized spacial score (nSPS) is 8.69. The Balaban J connectivity index is -0.000000237. The van der Waals surface area contributed by atoms with Gasteiger partial charge in [-0.25, -0.2) is 0 Å². The first-order chi connectivity index (χ1) is 15.6. The van der Waals surface area contributed by atoms with Crippen molar-refractivity contribution in [3.8, 4) is 23.0 Å². The molecule has 2 aromatic carbocycles. The van der Waals surface area contributed by atoms with E-state index in [4.69, 9.17) is 30.8 Å². The van der Waals surface area contributed by atoms with E-state index in [1.165, 1.54) is 49.7 Å². The van der Waals surface area contributed by atoms with Gasteiger partial charge in [-0.1, -0.05) is 77.3 Å². The van der Waals surface area contributed by atoms with Crippen LogP contribution in [0, 0.1) is 24.0 Å². The molecule has 0 fully saturated rings. The van der Waals surface area contributed by atoms with E-state index in [0.29, 0.717) is 0 Å². The minimum Gasteiger partial charge on any atom is -0.522 e. The monoisotopic (exact) mass is 517 g/mol. The summed E-state index contributed by atoms with van der Waals surface area (Å²) < 4.78 is 20.7. The Bertz CT molecular complexity index is 670. The zero-order valence-electron chi connectivity index (χ0n) is 22.8. The molecule has 0 aliphatic heterocycles. The molecule has 0 heterocycles. The van der Waals surface area contributed by atoms with Crippen molar-refractivity contribution in [1.29, 1.82) is 5.26 Å². The summed E-state index contributed by atoms with van der Waals surface area (Å²) in [5, 5.41) is 6.25. The van der Waals surface area contributed by atoms with E-state index in [9.17, 15) is 0 Å². The molecule has 0 aliphatic carbocycles. The van der Waals surface area contributed by atoms with Gasteiger partial charge in [-0.2, -0.15) is 11.1 Å². The molecule has 8 heteroatoms. The summed E-state index contributed by atoms with van der Waals surface area (Å²) >= 11 is 0. The van der Waals surface area contributed by atoms with Crippen LogP contribution in [0.25, 0.3) is 0 Å². The number of hydrogen-bond acceptors (Lipinski definition) is 5. The molecule has 0 spiro atoms. The molecule has 35 heavy (non-hydrogen) atoms. The van der Waals surface area contributed by atoms with E-state index in [2.05, 4.69) is 26.0 Å². The van der Waals surface area contributed by atoms with E-state index in [1.54, 1.807) is 28.4 Å². The maximum atomic E-state index is 6.25. The summed E-state index contributed by atoms with van der Waals surface area (Å²) in [6.07, 6.45) is 9.61. The summed E-state index contributed by atoms with van der Waals surface area (Å²) in [5.41, 5.74) is 2.52. The van der Waals surface area contributed by atoms with Crippen molar-refractivity contribution in [2.45, 2.75) is 65.2 Å². The first-order valence-electron chi connectivity index (χ1n) is 11.1. The second kappa shape index (κ2) is 27.4. The van der Waals surface area contributed by atoms with Crippen LogP contribution in [0.1, 0.15) is 63.5 Å². The van der Waals surface area contributed by atoms with Crippen LogP contribution < -0.4 is 56.7 Å². The van der Waals surface area contributed by atoms with Gasteiger partial charge in [0.15, 0.2) is 0 Å². The molecule has 188 valence electrons. The molecule has 0 aliphatic rings. The molecule has 0 saturated heterocycles. The van der Waals surface area contributed by atoms with Crippen LogP contribution in [0.5, 0.6) is 23.0 Å². The third-order valence-corrected chi connectivity index (χ3v) is 4.78. The number of methoxy groups -OCH3 is 4. The number of nitrogens with zero attached hydrogens (tertiary/aromatic N) is 1. The predicted molar refractivity (Wildman–Crippen MR) is 128 cm³/mol. The van der Waals surface area contributed by atoms with Crippen molar-refractivity contribution in [3.63, 3.8) is 0 Å². The second-order valence-electron chi connectivity index (χ2n) is 7.16. The molecule has 0 atom stereocenters. The van der Waals surface area contributed by atoms with Crippen LogP contribution in [-0.2, 0) is 29.9 Å². The van der Waals surface area contributed by atoms with Crippen molar-refractivity contribution in [2.75, 3.05) is 28.4 Å². The number of unbranched alkanes of at least 4 members (excludes halogenated alkanes) is 4. The van der Waals surface area contributed by atoms with Crippen LogP contribution in [0.4, 0.5) is 0 Å². The van der Waals surface area contributed by atoms with Gasteiger partial charge in [0.1, 0.15) is 0 Å². The number of rotatable bonds is 12. The standard InChI is InChI=1S/2C13H19O2.CN.Cu.2Li/c2*1-4-5-6-7-11-8-12(14-2)10-13(9-11)15-3;1-2;;;/h2*8-9H,4-7H2,1-3H3;;;;/q3*-1;3*+1. The molecule has 0 aromatic heterocycles.